The Balaban J connectivity index is 1.38. The molecule has 1 amide bonds. The molecule has 0 saturated carbocycles. The highest BCUT2D eigenvalue weighted by molar-refractivity contribution is 7.84. The first-order chi connectivity index (χ1) is 22.6. The first kappa shape index (κ1) is 35.8. The second-order valence-corrected chi connectivity index (χ2v) is 12.3. The average molecular weight is 672 g/mol. The van der Waals surface area contributed by atoms with Gasteiger partial charge in [-0.25, -0.2) is 4.98 Å². The summed E-state index contributed by atoms with van der Waals surface area (Å²) in [5.74, 6) is -0.674. The molecule has 252 valence electrons. The average Bonchev–Trinajstić information content (AvgIpc) is 3.40. The van der Waals surface area contributed by atoms with Crippen LogP contribution in [0.3, 0.4) is 0 Å². The van der Waals surface area contributed by atoms with Crippen LogP contribution < -0.4 is 10.1 Å². The van der Waals surface area contributed by atoms with Gasteiger partial charge in [-0.15, -0.1) is 13.2 Å². The van der Waals surface area contributed by atoms with Gasteiger partial charge in [-0.2, -0.15) is 0 Å². The topological polar surface area (TPSA) is 91.7 Å². The molecule has 8 nitrogen and oxygen atoms in total. The number of carbonyl (C=O) groups excluding carboxylic acids is 1. The van der Waals surface area contributed by atoms with Gasteiger partial charge in [0.2, 0.25) is 5.91 Å². The van der Waals surface area contributed by atoms with E-state index in [1.165, 1.54) is 12.1 Å². The molecule has 4 rings (SSSR count). The first-order valence-electron chi connectivity index (χ1n) is 15.5. The fourth-order valence-electron chi connectivity index (χ4n) is 4.84. The number of ether oxygens (including phenoxy) is 3. The summed E-state index contributed by atoms with van der Waals surface area (Å²) in [7, 11) is -1.32. The monoisotopic (exact) mass is 671 g/mol. The summed E-state index contributed by atoms with van der Waals surface area (Å²) in [5, 5.41) is 2.69. The Morgan fingerprint density at radius 2 is 1.91 bits per heavy atom. The zero-order valence-corrected chi connectivity index (χ0v) is 27.5. The maximum absolute atomic E-state index is 13.2. The lowest BCUT2D eigenvalue weighted by atomic mass is 9.96. The van der Waals surface area contributed by atoms with Gasteiger partial charge in [0.15, 0.2) is 0 Å². The van der Waals surface area contributed by atoms with Crippen molar-refractivity contribution in [3.8, 4) is 5.75 Å². The van der Waals surface area contributed by atoms with Crippen molar-refractivity contribution in [1.29, 1.82) is 0 Å². The summed E-state index contributed by atoms with van der Waals surface area (Å²) in [6, 6.07) is 10.9. The van der Waals surface area contributed by atoms with Crippen molar-refractivity contribution >= 4 is 34.0 Å². The fraction of sp³-hybridized carbons (Fsp3) is 0.371. The number of imidazole rings is 1. The van der Waals surface area contributed by atoms with E-state index in [9.17, 15) is 22.2 Å². The Labute approximate surface area is 275 Å². The van der Waals surface area contributed by atoms with E-state index in [0.29, 0.717) is 48.1 Å². The summed E-state index contributed by atoms with van der Waals surface area (Å²) in [6.07, 6.45) is 7.54. The van der Waals surface area contributed by atoms with Crippen LogP contribution in [0.4, 0.5) is 18.9 Å². The zero-order chi connectivity index (χ0) is 33.8. The summed E-state index contributed by atoms with van der Waals surface area (Å²) >= 11 is 0. The minimum absolute atomic E-state index is 0.0826. The third-order valence-corrected chi connectivity index (χ3v) is 8.73. The van der Waals surface area contributed by atoms with Crippen molar-refractivity contribution in [2.24, 2.45) is 0 Å². The number of alkyl halides is 3. The largest absolute Gasteiger partial charge is 0.573 e. The highest BCUT2D eigenvalue weighted by Gasteiger charge is 2.32. The van der Waals surface area contributed by atoms with Crippen LogP contribution in [0.5, 0.6) is 5.75 Å². The molecule has 12 heteroatoms. The van der Waals surface area contributed by atoms with E-state index in [4.69, 9.17) is 9.47 Å². The number of aromatic nitrogens is 2. The minimum atomic E-state index is -4.90. The molecule has 1 aliphatic rings. The van der Waals surface area contributed by atoms with E-state index in [-0.39, 0.29) is 11.7 Å². The lowest BCUT2D eigenvalue weighted by Gasteiger charge is -2.18. The second kappa shape index (κ2) is 17.2. The van der Waals surface area contributed by atoms with E-state index in [1.54, 1.807) is 42.7 Å². The molecule has 3 aromatic rings. The molecule has 0 bridgehead atoms. The Morgan fingerprint density at radius 1 is 1.13 bits per heavy atom. The molecule has 2 atom stereocenters. The van der Waals surface area contributed by atoms with E-state index >= 15 is 0 Å². The van der Waals surface area contributed by atoms with Crippen molar-refractivity contribution in [3.63, 3.8) is 0 Å². The molecule has 0 saturated heterocycles. The van der Waals surface area contributed by atoms with E-state index in [0.717, 1.165) is 42.4 Å². The van der Waals surface area contributed by atoms with Crippen LogP contribution in [0, 0.1) is 6.92 Å². The van der Waals surface area contributed by atoms with Crippen molar-refractivity contribution in [1.82, 2.24) is 9.55 Å². The number of benzene rings is 2. The third kappa shape index (κ3) is 11.0. The van der Waals surface area contributed by atoms with Crippen LogP contribution in [-0.2, 0) is 37.4 Å². The maximum atomic E-state index is 13.2. The number of rotatable bonds is 16. The first-order valence-corrected chi connectivity index (χ1v) is 16.8. The van der Waals surface area contributed by atoms with E-state index < -0.39 is 28.8 Å². The van der Waals surface area contributed by atoms with Crippen LogP contribution in [0.2, 0.25) is 0 Å². The van der Waals surface area contributed by atoms with Gasteiger partial charge in [0, 0.05) is 35.4 Å². The summed E-state index contributed by atoms with van der Waals surface area (Å²) in [4.78, 5) is 17.6. The van der Waals surface area contributed by atoms with Gasteiger partial charge in [0.05, 0.1) is 53.6 Å². The third-order valence-electron chi connectivity index (χ3n) is 7.39. The standard InChI is InChI=1S/C35H40F3N3O5S/c1-4-6-19-44-20-21-45-30-13-7-26(8-14-30)27-9-17-33(46-35(36,37)38)28(22-27)10-18-34(42)40-29-11-15-31(16-12-29)47(43)23-32-25(3)39-24-41(32)5-2/h7-13,15-18,22,24,30H,4-6,14,19-21,23H2,1-3H3,(H,40,42)/b18-10+. The number of aryl methyl sites for hydroxylation is 2. The van der Waals surface area contributed by atoms with Crippen LogP contribution in [0.15, 0.2) is 78.0 Å². The van der Waals surface area contributed by atoms with Gasteiger partial charge in [0.1, 0.15) is 5.75 Å². The number of amides is 1. The maximum Gasteiger partial charge on any atom is 0.573 e. The van der Waals surface area contributed by atoms with E-state index in [2.05, 4.69) is 22.0 Å². The highest BCUT2D eigenvalue weighted by Crippen LogP contribution is 2.32. The van der Waals surface area contributed by atoms with Crippen LogP contribution in [-0.4, -0.2) is 52.0 Å². The highest BCUT2D eigenvalue weighted by atomic mass is 32.2. The van der Waals surface area contributed by atoms with Gasteiger partial charge in [-0.05, 0) is 80.3 Å². The van der Waals surface area contributed by atoms with Gasteiger partial charge >= 0.3 is 6.36 Å². The predicted molar refractivity (Wildman–Crippen MR) is 177 cm³/mol. The number of unbranched alkanes of at least 4 members (excludes halogenated alkanes) is 1. The minimum Gasteiger partial charge on any atom is -0.405 e. The number of halogens is 3. The Kier molecular flexibility index (Phi) is 13.1. The number of nitrogens with zero attached hydrogens (tertiary/aromatic N) is 2. The molecule has 0 radical (unpaired) electrons. The van der Waals surface area contributed by atoms with Crippen molar-refractivity contribution in [2.75, 3.05) is 25.1 Å². The Hall–Kier alpha value is -4.00. The predicted octanol–water partition coefficient (Wildman–Crippen LogP) is 7.61. The lowest BCUT2D eigenvalue weighted by molar-refractivity contribution is -0.274. The van der Waals surface area contributed by atoms with Crippen molar-refractivity contribution < 1.29 is 36.4 Å². The van der Waals surface area contributed by atoms with Crippen LogP contribution >= 0.6 is 0 Å². The fourth-order valence-corrected chi connectivity index (χ4v) is 6.07. The van der Waals surface area contributed by atoms with Gasteiger partial charge in [-0.1, -0.05) is 37.6 Å². The molecule has 47 heavy (non-hydrogen) atoms. The van der Waals surface area contributed by atoms with Crippen molar-refractivity contribution in [3.05, 3.63) is 95.6 Å². The summed E-state index contributed by atoms with van der Waals surface area (Å²) < 4.78 is 69.9. The molecule has 1 aliphatic carbocycles. The molecule has 0 fully saturated rings. The van der Waals surface area contributed by atoms with Crippen LogP contribution in [0.1, 0.15) is 55.6 Å². The molecular weight excluding hydrogens is 631 g/mol. The Bertz CT molecular complexity index is 1610. The second-order valence-electron chi connectivity index (χ2n) is 10.8. The van der Waals surface area contributed by atoms with Gasteiger partial charge < -0.3 is 24.1 Å². The molecule has 1 aromatic heterocycles. The Morgan fingerprint density at radius 3 is 2.60 bits per heavy atom. The molecule has 1 heterocycles. The SMILES string of the molecule is CCCCOCCOC1C=CC(c2ccc(OC(F)(F)F)c(/C=C/C(=O)Nc3ccc(S(=O)Cc4c(C)ncn4CC)cc3)c2)=CC1. The zero-order valence-electron chi connectivity index (χ0n) is 26.7. The van der Waals surface area contributed by atoms with E-state index in [1.807, 2.05) is 36.6 Å². The molecular formula is C35H40F3N3O5S. The van der Waals surface area contributed by atoms with Gasteiger partial charge in [0.25, 0.3) is 0 Å². The number of hydrogen-bond acceptors (Lipinski definition) is 6. The normalized spacial score (nSPS) is 15.5. The number of hydrogen-bond donors (Lipinski definition) is 1. The van der Waals surface area contributed by atoms with Crippen molar-refractivity contribution in [2.45, 2.75) is 69.7 Å². The molecule has 1 N–H and O–H groups in total. The number of allylic oxidation sites excluding steroid dienone is 2. The smallest absolute Gasteiger partial charge is 0.405 e. The molecule has 0 aliphatic heterocycles. The molecule has 0 spiro atoms. The number of nitrogens with one attached hydrogen (secondary N) is 1. The molecule has 2 unspecified atom stereocenters. The number of anilines is 1. The number of carbonyl (C=O) groups is 1. The van der Waals surface area contributed by atoms with Crippen LogP contribution in [0.25, 0.3) is 11.6 Å². The lowest BCUT2D eigenvalue weighted by Crippen LogP contribution is -2.18. The van der Waals surface area contributed by atoms with Gasteiger partial charge in [-0.3, -0.25) is 9.00 Å². The molecule has 2 aromatic carbocycles. The summed E-state index contributed by atoms with van der Waals surface area (Å²) in [6.45, 7) is 8.39. The summed E-state index contributed by atoms with van der Waals surface area (Å²) in [5.41, 5.74) is 3.73. The quantitative estimate of drug-likeness (QED) is 0.125.